The third-order valence-electron chi connectivity index (χ3n) is 7.66. The lowest BCUT2D eigenvalue weighted by Gasteiger charge is -2.17. The van der Waals surface area contributed by atoms with Gasteiger partial charge in [-0.05, 0) is 66.3 Å². The molecule has 0 aliphatic carbocycles. The van der Waals surface area contributed by atoms with Crippen LogP contribution in [0.25, 0.3) is 76.5 Å². The van der Waals surface area contributed by atoms with Gasteiger partial charge in [-0.1, -0.05) is 121 Å². The molecule has 0 saturated carbocycles. The molecule has 0 fully saturated rings. The van der Waals surface area contributed by atoms with Gasteiger partial charge >= 0.3 is 0 Å². The zero-order valence-corrected chi connectivity index (χ0v) is 20.1. The normalized spacial score (nSPS) is 11.8. The Labute approximate surface area is 214 Å². The van der Waals surface area contributed by atoms with Gasteiger partial charge in [-0.25, -0.2) is 0 Å². The van der Waals surface area contributed by atoms with Crippen LogP contribution in [0.3, 0.4) is 0 Å². The minimum absolute atomic E-state index is 0.906. The topological polar surface area (TPSA) is 13.1 Å². The van der Waals surface area contributed by atoms with Crippen molar-refractivity contribution in [2.45, 2.75) is 0 Å². The first kappa shape index (κ1) is 20.3. The molecule has 0 aliphatic heterocycles. The van der Waals surface area contributed by atoms with Crippen LogP contribution in [-0.2, 0) is 0 Å². The van der Waals surface area contributed by atoms with E-state index in [-0.39, 0.29) is 0 Å². The fourth-order valence-corrected chi connectivity index (χ4v) is 6.04. The van der Waals surface area contributed by atoms with Crippen LogP contribution in [0, 0.1) is 0 Å². The molecule has 37 heavy (non-hydrogen) atoms. The summed E-state index contributed by atoms with van der Waals surface area (Å²) in [6, 6.07) is 47.8. The van der Waals surface area contributed by atoms with Crippen molar-refractivity contribution < 1.29 is 4.42 Å². The van der Waals surface area contributed by atoms with Crippen LogP contribution in [0.5, 0.6) is 0 Å². The summed E-state index contributed by atoms with van der Waals surface area (Å²) in [6.45, 7) is 0. The highest BCUT2D eigenvalue weighted by molar-refractivity contribution is 6.23. The summed E-state index contributed by atoms with van der Waals surface area (Å²) in [5.41, 5.74) is 4.59. The number of hydrogen-bond acceptors (Lipinski definition) is 1. The average Bonchev–Trinajstić information content (AvgIpc) is 3.40. The highest BCUT2D eigenvalue weighted by Crippen LogP contribution is 2.46. The minimum atomic E-state index is 0.906. The number of rotatable bonds is 2. The van der Waals surface area contributed by atoms with Crippen molar-refractivity contribution in [2.24, 2.45) is 0 Å². The molecule has 0 radical (unpaired) electrons. The summed E-state index contributed by atoms with van der Waals surface area (Å²) in [5.74, 6) is 0.906. The molecule has 1 heteroatoms. The first-order valence-corrected chi connectivity index (χ1v) is 12.7. The highest BCUT2D eigenvalue weighted by Gasteiger charge is 2.20. The van der Waals surface area contributed by atoms with Gasteiger partial charge in [0.05, 0.1) is 0 Å². The average molecular weight is 471 g/mol. The van der Waals surface area contributed by atoms with Gasteiger partial charge < -0.3 is 4.42 Å². The molecule has 1 nitrogen and oxygen atoms in total. The quantitative estimate of drug-likeness (QED) is 0.229. The van der Waals surface area contributed by atoms with Crippen molar-refractivity contribution in [2.75, 3.05) is 0 Å². The van der Waals surface area contributed by atoms with Crippen molar-refractivity contribution >= 4 is 54.1 Å². The molecule has 1 aromatic heterocycles. The third-order valence-corrected chi connectivity index (χ3v) is 7.66. The van der Waals surface area contributed by atoms with E-state index in [0.717, 1.165) is 22.3 Å². The predicted octanol–water partition coefficient (Wildman–Crippen LogP) is 10.4. The largest absolute Gasteiger partial charge is 0.456 e. The fraction of sp³-hybridized carbons (Fsp3) is 0. The Morgan fingerprint density at radius 2 is 0.865 bits per heavy atom. The molecule has 8 aromatic rings. The van der Waals surface area contributed by atoms with Gasteiger partial charge in [-0.2, -0.15) is 0 Å². The lowest BCUT2D eigenvalue weighted by atomic mass is 9.86. The van der Waals surface area contributed by atoms with Crippen LogP contribution in [0.2, 0.25) is 0 Å². The summed E-state index contributed by atoms with van der Waals surface area (Å²) >= 11 is 0. The first-order chi connectivity index (χ1) is 18.4. The Hall–Kier alpha value is -4.88. The molecule has 0 amide bonds. The Morgan fingerprint density at radius 3 is 1.54 bits per heavy atom. The van der Waals surface area contributed by atoms with Crippen LogP contribution in [0.1, 0.15) is 0 Å². The zero-order valence-electron chi connectivity index (χ0n) is 20.1. The van der Waals surface area contributed by atoms with Gasteiger partial charge in [0, 0.05) is 10.9 Å². The number of fused-ring (bicyclic) bond motifs is 6. The van der Waals surface area contributed by atoms with Gasteiger partial charge in [0.25, 0.3) is 0 Å². The van der Waals surface area contributed by atoms with Crippen molar-refractivity contribution in [3.05, 3.63) is 133 Å². The standard InChI is InChI=1S/C36H22O/c1-3-13-25-23(10-1)12-9-19-27(25)35-28-15-5-7-17-30(28)36(31-18-8-6-16-29(31)35)34-22-32-26-14-4-2-11-24(26)20-21-33(32)37-34/h1-22H. The van der Waals surface area contributed by atoms with E-state index in [2.05, 4.69) is 133 Å². The Morgan fingerprint density at radius 1 is 0.351 bits per heavy atom. The smallest absolute Gasteiger partial charge is 0.136 e. The van der Waals surface area contributed by atoms with E-state index >= 15 is 0 Å². The predicted molar refractivity (Wildman–Crippen MR) is 157 cm³/mol. The first-order valence-electron chi connectivity index (χ1n) is 12.7. The maximum atomic E-state index is 6.59. The summed E-state index contributed by atoms with van der Waals surface area (Å²) in [4.78, 5) is 0. The maximum absolute atomic E-state index is 6.59. The van der Waals surface area contributed by atoms with Gasteiger partial charge in [-0.15, -0.1) is 0 Å². The molecule has 172 valence electrons. The molecule has 0 bridgehead atoms. The van der Waals surface area contributed by atoms with Crippen LogP contribution in [0.15, 0.2) is 138 Å². The third kappa shape index (κ3) is 2.98. The van der Waals surface area contributed by atoms with E-state index in [1.807, 2.05) is 0 Å². The van der Waals surface area contributed by atoms with Gasteiger partial charge in [0.1, 0.15) is 11.3 Å². The summed E-state index contributed by atoms with van der Waals surface area (Å²) in [7, 11) is 0. The molecule has 0 saturated heterocycles. The van der Waals surface area contributed by atoms with Crippen LogP contribution in [0.4, 0.5) is 0 Å². The molecular formula is C36H22O. The van der Waals surface area contributed by atoms with Crippen molar-refractivity contribution in [3.63, 3.8) is 0 Å². The van der Waals surface area contributed by atoms with Gasteiger partial charge in [-0.3, -0.25) is 0 Å². The van der Waals surface area contributed by atoms with E-state index in [9.17, 15) is 0 Å². The fourth-order valence-electron chi connectivity index (χ4n) is 6.04. The SMILES string of the molecule is c1ccc2c(-c3c4ccccc4c(-c4cc5c(ccc6ccccc65)o4)c4ccccc34)cccc2c1. The summed E-state index contributed by atoms with van der Waals surface area (Å²) in [6.07, 6.45) is 0. The molecule has 0 aliphatic rings. The monoisotopic (exact) mass is 470 g/mol. The van der Waals surface area contributed by atoms with Crippen LogP contribution in [-0.4, -0.2) is 0 Å². The van der Waals surface area contributed by atoms with E-state index in [1.165, 1.54) is 54.2 Å². The lowest BCUT2D eigenvalue weighted by molar-refractivity contribution is 0.633. The van der Waals surface area contributed by atoms with E-state index < -0.39 is 0 Å². The van der Waals surface area contributed by atoms with Crippen molar-refractivity contribution in [3.8, 4) is 22.5 Å². The molecule has 0 spiro atoms. The minimum Gasteiger partial charge on any atom is -0.456 e. The highest BCUT2D eigenvalue weighted by atomic mass is 16.3. The Balaban J connectivity index is 1.52. The molecule has 1 heterocycles. The number of benzene rings is 7. The summed E-state index contributed by atoms with van der Waals surface area (Å²) < 4.78 is 6.59. The molecule has 7 aromatic carbocycles. The number of furan rings is 1. The van der Waals surface area contributed by atoms with Gasteiger partial charge in [0.15, 0.2) is 0 Å². The van der Waals surface area contributed by atoms with E-state index in [0.29, 0.717) is 0 Å². The second-order valence-corrected chi connectivity index (χ2v) is 9.68. The summed E-state index contributed by atoms with van der Waals surface area (Å²) in [5, 5.41) is 11.0. The molecule has 0 N–H and O–H groups in total. The van der Waals surface area contributed by atoms with Gasteiger partial charge in [0.2, 0.25) is 0 Å². The van der Waals surface area contributed by atoms with E-state index in [1.54, 1.807) is 0 Å². The molecule has 0 unspecified atom stereocenters. The zero-order chi connectivity index (χ0) is 24.3. The number of hydrogen-bond donors (Lipinski definition) is 0. The maximum Gasteiger partial charge on any atom is 0.136 e. The molecule has 0 atom stereocenters. The van der Waals surface area contributed by atoms with Crippen LogP contribution < -0.4 is 0 Å². The molecule has 8 rings (SSSR count). The second kappa shape index (κ2) is 7.81. The van der Waals surface area contributed by atoms with Crippen molar-refractivity contribution in [1.82, 2.24) is 0 Å². The van der Waals surface area contributed by atoms with Crippen molar-refractivity contribution in [1.29, 1.82) is 0 Å². The Kier molecular flexibility index (Phi) is 4.29. The van der Waals surface area contributed by atoms with E-state index in [4.69, 9.17) is 4.42 Å². The molecular weight excluding hydrogens is 448 g/mol. The lowest BCUT2D eigenvalue weighted by Crippen LogP contribution is -1.90. The van der Waals surface area contributed by atoms with Crippen LogP contribution >= 0.6 is 0 Å². The Bertz CT molecular complexity index is 2080. The second-order valence-electron chi connectivity index (χ2n) is 9.68.